The molecule has 0 fully saturated rings. The van der Waals surface area contributed by atoms with Gasteiger partial charge in [0.25, 0.3) is 5.91 Å². The number of allylic oxidation sites excluding steroid dienone is 1. The van der Waals surface area contributed by atoms with Crippen molar-refractivity contribution in [3.8, 4) is 17.1 Å². The smallest absolute Gasteiger partial charge is 0.251 e. The average molecular weight is 485 g/mol. The lowest BCUT2D eigenvalue weighted by Crippen LogP contribution is -2.24. The van der Waals surface area contributed by atoms with E-state index in [1.54, 1.807) is 36.5 Å². The first-order valence-electron chi connectivity index (χ1n) is 11.8. The molecule has 0 saturated heterocycles. The Bertz CT molecular complexity index is 1410. The molecule has 2 aromatic carbocycles. The van der Waals surface area contributed by atoms with Crippen molar-refractivity contribution >= 4 is 22.7 Å². The number of hydrogen-bond acceptors (Lipinski definition) is 6. The lowest BCUT2D eigenvalue weighted by Gasteiger charge is -2.12. The van der Waals surface area contributed by atoms with Gasteiger partial charge in [-0.3, -0.25) is 14.9 Å². The number of halogens is 1. The Morgan fingerprint density at radius 2 is 1.97 bits per heavy atom. The summed E-state index contributed by atoms with van der Waals surface area (Å²) in [7, 11) is 0. The molecule has 36 heavy (non-hydrogen) atoms. The number of rotatable bonds is 10. The highest BCUT2D eigenvalue weighted by Crippen LogP contribution is 2.29. The van der Waals surface area contributed by atoms with Gasteiger partial charge in [0.15, 0.2) is 0 Å². The van der Waals surface area contributed by atoms with Gasteiger partial charge in [-0.1, -0.05) is 6.08 Å². The van der Waals surface area contributed by atoms with E-state index in [9.17, 15) is 9.18 Å². The van der Waals surface area contributed by atoms with Gasteiger partial charge in [0, 0.05) is 48.6 Å². The molecule has 8 nitrogen and oxygen atoms in total. The molecule has 3 heterocycles. The Kier molecular flexibility index (Phi) is 7.07. The minimum Gasteiger partial charge on any atom is -0.476 e. The molecule has 2 N–H and O–H groups in total. The van der Waals surface area contributed by atoms with Crippen LogP contribution < -0.4 is 10.1 Å². The van der Waals surface area contributed by atoms with Crippen LogP contribution in [0.3, 0.4) is 0 Å². The quantitative estimate of drug-likeness (QED) is 0.319. The van der Waals surface area contributed by atoms with Gasteiger partial charge in [-0.15, -0.1) is 0 Å². The van der Waals surface area contributed by atoms with Crippen molar-refractivity contribution in [2.24, 2.45) is 4.99 Å². The second-order valence-electron chi connectivity index (χ2n) is 8.44. The number of benzene rings is 2. The molecular formula is C27H25FN6O2. The van der Waals surface area contributed by atoms with Crippen LogP contribution in [0, 0.1) is 5.82 Å². The molecule has 0 spiro atoms. The summed E-state index contributed by atoms with van der Waals surface area (Å²) in [6.45, 7) is 0.933. The van der Waals surface area contributed by atoms with E-state index in [1.807, 2.05) is 18.5 Å². The number of aromatic amines is 1. The third-order valence-corrected chi connectivity index (χ3v) is 5.84. The molecule has 0 atom stereocenters. The SMILES string of the molecule is O=C(NCCCC1=NC=CC1)c1ccc2nc(OCCc3cn[nH]c3)c(-c3ccc(F)cc3)nc2c1. The third-order valence-electron chi connectivity index (χ3n) is 5.84. The van der Waals surface area contributed by atoms with Gasteiger partial charge in [0.1, 0.15) is 11.5 Å². The van der Waals surface area contributed by atoms with Crippen molar-refractivity contribution in [1.29, 1.82) is 0 Å². The number of amides is 1. The van der Waals surface area contributed by atoms with Crippen LogP contribution in [0.2, 0.25) is 0 Å². The summed E-state index contributed by atoms with van der Waals surface area (Å²) in [6, 6.07) is 11.2. The van der Waals surface area contributed by atoms with Gasteiger partial charge in [-0.25, -0.2) is 14.4 Å². The summed E-state index contributed by atoms with van der Waals surface area (Å²) >= 11 is 0. The van der Waals surface area contributed by atoms with Gasteiger partial charge in [0.05, 0.1) is 23.8 Å². The molecule has 1 amide bonds. The van der Waals surface area contributed by atoms with Gasteiger partial charge in [-0.05, 0) is 60.9 Å². The molecule has 1 aliphatic rings. The highest BCUT2D eigenvalue weighted by molar-refractivity contribution is 5.97. The first-order chi connectivity index (χ1) is 17.7. The maximum Gasteiger partial charge on any atom is 0.251 e. The summed E-state index contributed by atoms with van der Waals surface area (Å²) < 4.78 is 19.5. The van der Waals surface area contributed by atoms with Crippen molar-refractivity contribution in [3.05, 3.63) is 84.1 Å². The summed E-state index contributed by atoms with van der Waals surface area (Å²) in [5.41, 5.74) is 4.95. The normalized spacial score (nSPS) is 12.6. The molecule has 5 rings (SSSR count). The minimum absolute atomic E-state index is 0.172. The molecule has 2 aromatic heterocycles. The monoisotopic (exact) mass is 484 g/mol. The van der Waals surface area contributed by atoms with Crippen LogP contribution in [0.15, 0.2) is 72.1 Å². The zero-order valence-electron chi connectivity index (χ0n) is 19.6. The number of aromatic nitrogens is 4. The Hall–Kier alpha value is -4.40. The number of nitrogens with zero attached hydrogens (tertiary/aromatic N) is 4. The second kappa shape index (κ2) is 10.9. The number of aliphatic imine (C=N–C) groups is 1. The van der Waals surface area contributed by atoms with Crippen molar-refractivity contribution < 1.29 is 13.9 Å². The molecule has 0 radical (unpaired) electrons. The van der Waals surface area contributed by atoms with Gasteiger partial charge in [0.2, 0.25) is 5.88 Å². The van der Waals surface area contributed by atoms with Crippen LogP contribution in [-0.4, -0.2) is 44.9 Å². The second-order valence-corrected chi connectivity index (χ2v) is 8.44. The average Bonchev–Trinajstić information content (AvgIpc) is 3.61. The summed E-state index contributed by atoms with van der Waals surface area (Å²) in [6.07, 6.45) is 10.6. The van der Waals surface area contributed by atoms with Crippen LogP contribution in [0.5, 0.6) is 5.88 Å². The molecule has 182 valence electrons. The van der Waals surface area contributed by atoms with Crippen LogP contribution in [0.4, 0.5) is 4.39 Å². The molecule has 1 aliphatic heterocycles. The number of carbonyl (C=O) groups is 1. The molecule has 0 bridgehead atoms. The lowest BCUT2D eigenvalue weighted by molar-refractivity contribution is 0.0953. The Morgan fingerprint density at radius 1 is 1.08 bits per heavy atom. The summed E-state index contributed by atoms with van der Waals surface area (Å²) in [5.74, 6) is -0.168. The molecular weight excluding hydrogens is 459 g/mol. The first-order valence-corrected chi connectivity index (χ1v) is 11.8. The number of H-pyrrole nitrogens is 1. The molecule has 4 aromatic rings. The Morgan fingerprint density at radius 3 is 2.75 bits per heavy atom. The van der Waals surface area contributed by atoms with E-state index in [-0.39, 0.29) is 11.7 Å². The van der Waals surface area contributed by atoms with Crippen LogP contribution in [0.1, 0.15) is 35.2 Å². The van der Waals surface area contributed by atoms with Crippen molar-refractivity contribution in [1.82, 2.24) is 25.5 Å². The third kappa shape index (κ3) is 5.63. The van der Waals surface area contributed by atoms with E-state index < -0.39 is 0 Å². The van der Waals surface area contributed by atoms with Gasteiger partial charge in [-0.2, -0.15) is 5.10 Å². The van der Waals surface area contributed by atoms with E-state index in [0.717, 1.165) is 30.5 Å². The lowest BCUT2D eigenvalue weighted by atomic mass is 10.1. The Balaban J connectivity index is 1.34. The van der Waals surface area contributed by atoms with Gasteiger partial charge < -0.3 is 10.1 Å². The van der Waals surface area contributed by atoms with E-state index in [2.05, 4.69) is 25.5 Å². The predicted molar refractivity (Wildman–Crippen MR) is 135 cm³/mol. The first kappa shape index (κ1) is 23.3. The predicted octanol–water partition coefficient (Wildman–Crippen LogP) is 4.65. The molecule has 0 unspecified atom stereocenters. The number of hydrogen-bond donors (Lipinski definition) is 2. The van der Waals surface area contributed by atoms with E-state index in [4.69, 9.17) is 9.72 Å². The zero-order valence-corrected chi connectivity index (χ0v) is 19.6. The fourth-order valence-corrected chi connectivity index (χ4v) is 3.92. The largest absolute Gasteiger partial charge is 0.476 e. The fourth-order valence-electron chi connectivity index (χ4n) is 3.92. The molecule has 0 saturated carbocycles. The van der Waals surface area contributed by atoms with Crippen molar-refractivity contribution in [2.75, 3.05) is 13.2 Å². The molecule has 9 heteroatoms. The molecule has 0 aliphatic carbocycles. The number of nitrogens with one attached hydrogen (secondary N) is 2. The highest BCUT2D eigenvalue weighted by Gasteiger charge is 2.15. The maximum absolute atomic E-state index is 13.5. The van der Waals surface area contributed by atoms with E-state index in [1.165, 1.54) is 12.1 Å². The van der Waals surface area contributed by atoms with E-state index >= 15 is 0 Å². The fraction of sp³-hybridized carbons (Fsp3) is 0.222. The minimum atomic E-state index is -0.342. The highest BCUT2D eigenvalue weighted by atomic mass is 19.1. The maximum atomic E-state index is 13.5. The summed E-state index contributed by atoms with van der Waals surface area (Å²) in [4.78, 5) is 26.4. The van der Waals surface area contributed by atoms with Gasteiger partial charge >= 0.3 is 0 Å². The standard InChI is InChI=1S/C27H25FN6O2/c28-21-8-5-19(6-9-21)25-27(36-14-11-18-16-31-32-17-18)34-23-10-7-20(15-24(23)33-25)26(35)30-13-2-4-22-3-1-12-29-22/h1,5-10,12,15-17H,2-4,11,13-14H2,(H,30,35)(H,31,32). The van der Waals surface area contributed by atoms with Crippen LogP contribution in [0.25, 0.3) is 22.3 Å². The topological polar surface area (TPSA) is 105 Å². The van der Waals surface area contributed by atoms with E-state index in [0.29, 0.717) is 53.3 Å². The van der Waals surface area contributed by atoms with Crippen LogP contribution in [-0.2, 0) is 6.42 Å². The number of ether oxygens (including phenoxy) is 1. The summed E-state index contributed by atoms with van der Waals surface area (Å²) in [5, 5.41) is 9.68. The van der Waals surface area contributed by atoms with Crippen molar-refractivity contribution in [2.45, 2.75) is 25.7 Å². The van der Waals surface area contributed by atoms with Crippen molar-refractivity contribution in [3.63, 3.8) is 0 Å². The number of carbonyl (C=O) groups excluding carboxylic acids is 1. The zero-order chi connectivity index (χ0) is 24.7. The number of fused-ring (bicyclic) bond motifs is 1. The van der Waals surface area contributed by atoms with Crippen LogP contribution >= 0.6 is 0 Å². The Labute approximate surface area is 207 Å².